The zero-order valence-electron chi connectivity index (χ0n) is 11.1. The molecule has 0 bridgehead atoms. The molecule has 1 N–H and O–H groups in total. The van der Waals surface area contributed by atoms with Crippen LogP contribution in [0, 0.1) is 5.92 Å². The van der Waals surface area contributed by atoms with Crippen molar-refractivity contribution in [2.24, 2.45) is 5.92 Å². The molecule has 2 atom stereocenters. The Morgan fingerprint density at radius 1 is 1.33 bits per heavy atom. The first-order chi connectivity index (χ1) is 8.75. The highest BCUT2D eigenvalue weighted by atomic mass is 16.5. The number of hydrogen-bond donors (Lipinski definition) is 1. The number of rotatable bonds is 3. The molecule has 100 valence electrons. The lowest BCUT2D eigenvalue weighted by atomic mass is 9.98. The maximum atomic E-state index is 5.69. The molecule has 1 aromatic rings. The monoisotopic (exact) mass is 251 g/mol. The first-order valence-corrected chi connectivity index (χ1v) is 6.85. The molecule has 3 rings (SSSR count). The summed E-state index contributed by atoms with van der Waals surface area (Å²) in [4.78, 5) is 4.62. The van der Waals surface area contributed by atoms with Crippen LogP contribution in [0.2, 0.25) is 0 Å². The molecule has 2 aliphatic rings. The molecule has 1 saturated heterocycles. The van der Waals surface area contributed by atoms with Gasteiger partial charge in [-0.2, -0.15) is 4.98 Å². The summed E-state index contributed by atoms with van der Waals surface area (Å²) in [6.45, 7) is 4.18. The van der Waals surface area contributed by atoms with E-state index in [0.29, 0.717) is 11.8 Å². The predicted octanol–water partition coefficient (Wildman–Crippen LogP) is 1.81. The van der Waals surface area contributed by atoms with Crippen molar-refractivity contribution >= 4 is 0 Å². The van der Waals surface area contributed by atoms with Crippen LogP contribution < -0.4 is 5.32 Å². The number of aromatic nitrogens is 2. The summed E-state index contributed by atoms with van der Waals surface area (Å²) >= 11 is 0. The van der Waals surface area contributed by atoms with Gasteiger partial charge in [0.05, 0.1) is 5.92 Å². The van der Waals surface area contributed by atoms with Gasteiger partial charge < -0.3 is 14.6 Å². The number of nitrogens with one attached hydrogen (secondary N) is 1. The molecule has 5 heteroatoms. The van der Waals surface area contributed by atoms with Gasteiger partial charge in [0.15, 0.2) is 0 Å². The van der Waals surface area contributed by atoms with Gasteiger partial charge in [0.1, 0.15) is 5.60 Å². The molecule has 1 aliphatic heterocycles. The normalized spacial score (nSPS) is 31.0. The summed E-state index contributed by atoms with van der Waals surface area (Å²) in [5, 5.41) is 7.55. The maximum Gasteiger partial charge on any atom is 0.231 e. The fourth-order valence-electron chi connectivity index (χ4n) is 3.18. The molecule has 1 saturated carbocycles. The summed E-state index contributed by atoms with van der Waals surface area (Å²) in [5.74, 6) is 2.42. The van der Waals surface area contributed by atoms with Crippen LogP contribution in [0.4, 0.5) is 0 Å². The molecule has 2 heterocycles. The van der Waals surface area contributed by atoms with Gasteiger partial charge in [0.25, 0.3) is 0 Å². The van der Waals surface area contributed by atoms with Crippen LogP contribution >= 0.6 is 0 Å². The van der Waals surface area contributed by atoms with Gasteiger partial charge in [-0.15, -0.1) is 0 Å². The molecule has 5 nitrogen and oxygen atoms in total. The molecule has 1 aliphatic carbocycles. The highest BCUT2D eigenvalue weighted by Gasteiger charge is 2.41. The molecule has 1 aromatic heterocycles. The lowest BCUT2D eigenvalue weighted by molar-refractivity contribution is -0.0178. The summed E-state index contributed by atoms with van der Waals surface area (Å²) in [6.07, 6.45) is 4.36. The van der Waals surface area contributed by atoms with Crippen LogP contribution in [0.1, 0.15) is 50.2 Å². The van der Waals surface area contributed by atoms with E-state index in [9.17, 15) is 0 Å². The minimum Gasteiger partial charge on any atom is -0.370 e. The molecular weight excluding hydrogens is 230 g/mol. The van der Waals surface area contributed by atoms with Crippen molar-refractivity contribution in [3.63, 3.8) is 0 Å². The fourth-order valence-corrected chi connectivity index (χ4v) is 3.18. The Bertz CT molecular complexity index is 412. The highest BCUT2D eigenvalue weighted by molar-refractivity contribution is 5.08. The van der Waals surface area contributed by atoms with Crippen LogP contribution in [-0.2, 0) is 10.3 Å². The van der Waals surface area contributed by atoms with Crippen LogP contribution in [-0.4, -0.2) is 30.3 Å². The molecule has 0 radical (unpaired) electrons. The van der Waals surface area contributed by atoms with Gasteiger partial charge in [-0.1, -0.05) is 12.1 Å². The summed E-state index contributed by atoms with van der Waals surface area (Å²) in [7, 11) is 1.75. The largest absolute Gasteiger partial charge is 0.370 e. The zero-order valence-corrected chi connectivity index (χ0v) is 11.1. The maximum absolute atomic E-state index is 5.69. The Hall–Kier alpha value is -0.940. The molecule has 18 heavy (non-hydrogen) atoms. The number of methoxy groups -OCH3 is 1. The van der Waals surface area contributed by atoms with Crippen LogP contribution in [0.3, 0.4) is 0 Å². The topological polar surface area (TPSA) is 60.2 Å². The van der Waals surface area contributed by atoms with Crippen molar-refractivity contribution in [2.45, 2.75) is 44.1 Å². The second kappa shape index (κ2) is 4.63. The quantitative estimate of drug-likeness (QED) is 0.887. The van der Waals surface area contributed by atoms with Gasteiger partial charge in [-0.3, -0.25) is 0 Å². The van der Waals surface area contributed by atoms with E-state index in [-0.39, 0.29) is 5.60 Å². The second-order valence-corrected chi connectivity index (χ2v) is 5.60. The van der Waals surface area contributed by atoms with Crippen LogP contribution in [0.15, 0.2) is 4.52 Å². The minimum absolute atomic E-state index is 0.295. The third-order valence-electron chi connectivity index (χ3n) is 4.49. The molecule has 0 amide bonds. The summed E-state index contributed by atoms with van der Waals surface area (Å²) in [5.41, 5.74) is -0.295. The van der Waals surface area contributed by atoms with Crippen LogP contribution in [0.25, 0.3) is 0 Å². The molecular formula is C13H21N3O2. The van der Waals surface area contributed by atoms with Gasteiger partial charge in [-0.05, 0) is 38.1 Å². The number of hydrogen-bond acceptors (Lipinski definition) is 5. The second-order valence-electron chi connectivity index (χ2n) is 5.60. The van der Waals surface area contributed by atoms with Crippen molar-refractivity contribution in [1.82, 2.24) is 15.5 Å². The molecule has 2 fully saturated rings. The summed E-state index contributed by atoms with van der Waals surface area (Å²) in [6, 6.07) is 0. The van der Waals surface area contributed by atoms with E-state index < -0.39 is 0 Å². The van der Waals surface area contributed by atoms with Crippen molar-refractivity contribution < 1.29 is 9.26 Å². The highest BCUT2D eigenvalue weighted by Crippen LogP contribution is 2.40. The predicted molar refractivity (Wildman–Crippen MR) is 66.2 cm³/mol. The van der Waals surface area contributed by atoms with E-state index in [1.54, 1.807) is 7.11 Å². The summed E-state index contributed by atoms with van der Waals surface area (Å²) < 4.78 is 11.2. The zero-order chi connectivity index (χ0) is 12.6. The SMILES string of the molecule is COC1(c2noc(C3CNCC3C)n2)CCCC1. The third kappa shape index (κ3) is 1.86. The first-order valence-electron chi connectivity index (χ1n) is 6.85. The molecule has 0 aromatic carbocycles. The lowest BCUT2D eigenvalue weighted by Gasteiger charge is -2.22. The first kappa shape index (κ1) is 12.1. The minimum atomic E-state index is -0.295. The van der Waals surface area contributed by atoms with Crippen molar-refractivity contribution in [1.29, 1.82) is 0 Å². The van der Waals surface area contributed by atoms with Gasteiger partial charge in [0, 0.05) is 13.7 Å². The third-order valence-corrected chi connectivity index (χ3v) is 4.49. The Morgan fingerprint density at radius 2 is 2.11 bits per heavy atom. The Balaban J connectivity index is 1.84. The Morgan fingerprint density at radius 3 is 2.72 bits per heavy atom. The van der Waals surface area contributed by atoms with Crippen LogP contribution in [0.5, 0.6) is 0 Å². The van der Waals surface area contributed by atoms with Crippen molar-refractivity contribution in [3.05, 3.63) is 11.7 Å². The molecule has 0 spiro atoms. The number of nitrogens with zero attached hydrogens (tertiary/aromatic N) is 2. The number of ether oxygens (including phenoxy) is 1. The Kier molecular flexibility index (Phi) is 3.11. The Labute approximate surface area is 107 Å². The smallest absolute Gasteiger partial charge is 0.231 e. The van der Waals surface area contributed by atoms with E-state index in [4.69, 9.17) is 9.26 Å². The van der Waals surface area contributed by atoms with E-state index in [0.717, 1.165) is 37.6 Å². The fraction of sp³-hybridized carbons (Fsp3) is 0.846. The van der Waals surface area contributed by atoms with Crippen molar-refractivity contribution in [3.8, 4) is 0 Å². The average molecular weight is 251 g/mol. The van der Waals surface area contributed by atoms with Gasteiger partial charge >= 0.3 is 0 Å². The van der Waals surface area contributed by atoms with E-state index >= 15 is 0 Å². The van der Waals surface area contributed by atoms with Gasteiger partial charge in [0.2, 0.25) is 11.7 Å². The lowest BCUT2D eigenvalue weighted by Crippen LogP contribution is -2.26. The van der Waals surface area contributed by atoms with E-state index in [1.807, 2.05) is 0 Å². The van der Waals surface area contributed by atoms with E-state index in [2.05, 4.69) is 22.4 Å². The average Bonchev–Trinajstić information content (AvgIpc) is 3.08. The van der Waals surface area contributed by atoms with E-state index in [1.165, 1.54) is 12.8 Å². The van der Waals surface area contributed by atoms with Gasteiger partial charge in [-0.25, -0.2) is 0 Å². The standard InChI is InChI=1S/C13H21N3O2/c1-9-7-14-8-10(9)11-15-12(16-18-11)13(17-2)5-3-4-6-13/h9-10,14H,3-8H2,1-2H3. The molecule has 2 unspecified atom stereocenters. The van der Waals surface area contributed by atoms with Crippen molar-refractivity contribution in [2.75, 3.05) is 20.2 Å².